The molecule has 2 heterocycles. The Kier molecular flexibility index (Phi) is 4.89. The number of amides is 1. The molecule has 1 aliphatic heterocycles. The molecule has 0 bridgehead atoms. The highest BCUT2D eigenvalue weighted by Crippen LogP contribution is 2.48. The number of hydrogen-bond donors (Lipinski definition) is 1. The van der Waals surface area contributed by atoms with Gasteiger partial charge in [-0.25, -0.2) is 4.39 Å². The second-order valence-electron chi connectivity index (χ2n) is 8.26. The molecule has 158 valence electrons. The number of hydrogen-bond acceptors (Lipinski definition) is 4. The number of carbonyl (C=O) groups is 2. The molecule has 5 rings (SSSR count). The Morgan fingerprint density at radius 1 is 1.16 bits per heavy atom. The molecule has 1 saturated carbocycles. The summed E-state index contributed by atoms with van der Waals surface area (Å²) in [4.78, 5) is 26.0. The molecule has 2 aliphatic rings. The third-order valence-corrected chi connectivity index (χ3v) is 7.30. The zero-order valence-electron chi connectivity index (χ0n) is 17.1. The van der Waals surface area contributed by atoms with Crippen LogP contribution in [-0.2, 0) is 16.6 Å². The highest BCUT2D eigenvalue weighted by Gasteiger charge is 2.51. The van der Waals surface area contributed by atoms with E-state index in [9.17, 15) is 14.0 Å². The zero-order chi connectivity index (χ0) is 21.6. The van der Waals surface area contributed by atoms with Crippen molar-refractivity contribution in [3.05, 3.63) is 76.4 Å². The first-order valence-electron chi connectivity index (χ1n) is 10.4. The molecule has 3 aromatic rings. The minimum atomic E-state index is -0.427. The lowest BCUT2D eigenvalue weighted by Crippen LogP contribution is -2.40. The average Bonchev–Trinajstić information content (AvgIpc) is 3.24. The number of ether oxygens (including phenoxy) is 1. The van der Waals surface area contributed by atoms with E-state index >= 15 is 0 Å². The normalized spacial score (nSPS) is 18.2. The Bertz CT molecular complexity index is 1170. The van der Waals surface area contributed by atoms with Gasteiger partial charge in [0.05, 0.1) is 16.8 Å². The van der Waals surface area contributed by atoms with Gasteiger partial charge in [0.1, 0.15) is 17.7 Å². The van der Waals surface area contributed by atoms with Crippen LogP contribution in [0.15, 0.2) is 54.6 Å². The summed E-state index contributed by atoms with van der Waals surface area (Å²) in [5.74, 6) is 0.315. The first kappa shape index (κ1) is 19.9. The predicted molar refractivity (Wildman–Crippen MR) is 118 cm³/mol. The highest BCUT2D eigenvalue weighted by molar-refractivity contribution is 7.17. The third-order valence-electron chi connectivity index (χ3n) is 6.08. The van der Waals surface area contributed by atoms with Crippen molar-refractivity contribution in [2.45, 2.75) is 37.7 Å². The van der Waals surface area contributed by atoms with Gasteiger partial charge in [0.15, 0.2) is 5.78 Å². The number of halogens is 1. The van der Waals surface area contributed by atoms with Gasteiger partial charge in [-0.2, -0.15) is 0 Å². The summed E-state index contributed by atoms with van der Waals surface area (Å²) in [6.07, 6.45) is 1.98. The standard InChI is InChI=1S/C25H22FNO3S/c1-15(28)21-7-8-22(31-21)20-13-18(26)11-16-12-19(30-23(16)20)14-27-24(29)25(9-10-25)17-5-3-2-4-6-17/h2-8,11,13,19H,9-10,12,14H2,1H3,(H,27,29). The molecule has 31 heavy (non-hydrogen) atoms. The van der Waals surface area contributed by atoms with Gasteiger partial charge in [-0.05, 0) is 49.6 Å². The van der Waals surface area contributed by atoms with E-state index in [1.807, 2.05) is 36.4 Å². The highest BCUT2D eigenvalue weighted by atomic mass is 32.1. The molecular formula is C25H22FNO3S. The lowest BCUT2D eigenvalue weighted by molar-refractivity contribution is -0.123. The summed E-state index contributed by atoms with van der Waals surface area (Å²) in [5, 5.41) is 3.05. The molecule has 4 nitrogen and oxygen atoms in total. The maximum Gasteiger partial charge on any atom is 0.230 e. The first-order valence-corrected chi connectivity index (χ1v) is 11.2. The minimum absolute atomic E-state index is 0.0155. The molecule has 1 aliphatic carbocycles. The maximum absolute atomic E-state index is 14.3. The van der Waals surface area contributed by atoms with Crippen LogP contribution in [0.1, 0.15) is 40.6 Å². The molecule has 1 unspecified atom stereocenters. The number of carbonyl (C=O) groups excluding carboxylic acids is 2. The van der Waals surface area contributed by atoms with E-state index in [2.05, 4.69) is 5.32 Å². The summed E-state index contributed by atoms with van der Waals surface area (Å²) in [7, 11) is 0. The second-order valence-corrected chi connectivity index (χ2v) is 9.35. The number of fused-ring (bicyclic) bond motifs is 1. The monoisotopic (exact) mass is 435 g/mol. The second kappa shape index (κ2) is 7.61. The molecule has 1 aromatic heterocycles. The number of thiophene rings is 1. The Morgan fingerprint density at radius 2 is 1.94 bits per heavy atom. The van der Waals surface area contributed by atoms with E-state index < -0.39 is 5.41 Å². The Morgan fingerprint density at radius 3 is 2.61 bits per heavy atom. The molecule has 2 aromatic carbocycles. The molecule has 1 amide bonds. The number of benzene rings is 2. The van der Waals surface area contributed by atoms with Crippen LogP contribution in [0.25, 0.3) is 10.4 Å². The van der Waals surface area contributed by atoms with Crippen molar-refractivity contribution in [2.75, 3.05) is 6.54 Å². The number of rotatable bonds is 6. The van der Waals surface area contributed by atoms with Crippen molar-refractivity contribution in [3.8, 4) is 16.2 Å². The van der Waals surface area contributed by atoms with Gasteiger partial charge >= 0.3 is 0 Å². The summed E-state index contributed by atoms with van der Waals surface area (Å²) in [6, 6.07) is 16.4. The lowest BCUT2D eigenvalue weighted by Gasteiger charge is -2.18. The molecule has 6 heteroatoms. The van der Waals surface area contributed by atoms with Crippen molar-refractivity contribution in [1.29, 1.82) is 0 Å². The van der Waals surface area contributed by atoms with Gasteiger partial charge in [-0.15, -0.1) is 11.3 Å². The van der Waals surface area contributed by atoms with Crippen LogP contribution in [0.2, 0.25) is 0 Å². The van der Waals surface area contributed by atoms with E-state index in [4.69, 9.17) is 4.74 Å². The van der Waals surface area contributed by atoms with Gasteiger partial charge in [0, 0.05) is 22.4 Å². The summed E-state index contributed by atoms with van der Waals surface area (Å²) < 4.78 is 20.4. The van der Waals surface area contributed by atoms with Gasteiger partial charge in [0.25, 0.3) is 0 Å². The van der Waals surface area contributed by atoms with Gasteiger partial charge in [-0.3, -0.25) is 9.59 Å². The van der Waals surface area contributed by atoms with E-state index in [1.165, 1.54) is 30.4 Å². The van der Waals surface area contributed by atoms with Crippen LogP contribution < -0.4 is 10.1 Å². The van der Waals surface area contributed by atoms with Crippen LogP contribution >= 0.6 is 11.3 Å². The summed E-state index contributed by atoms with van der Waals surface area (Å²) in [5.41, 5.74) is 2.07. The molecule has 1 atom stereocenters. The lowest BCUT2D eigenvalue weighted by atomic mass is 9.95. The molecular weight excluding hydrogens is 413 g/mol. The van der Waals surface area contributed by atoms with Crippen molar-refractivity contribution < 1.29 is 18.7 Å². The van der Waals surface area contributed by atoms with E-state index in [-0.39, 0.29) is 23.6 Å². The van der Waals surface area contributed by atoms with Crippen molar-refractivity contribution in [1.82, 2.24) is 5.32 Å². The molecule has 0 radical (unpaired) electrons. The quantitative estimate of drug-likeness (QED) is 0.560. The van der Waals surface area contributed by atoms with E-state index in [0.29, 0.717) is 29.2 Å². The van der Waals surface area contributed by atoms with Crippen molar-refractivity contribution in [3.63, 3.8) is 0 Å². The zero-order valence-corrected chi connectivity index (χ0v) is 17.9. The molecule has 1 N–H and O–H groups in total. The SMILES string of the molecule is CC(=O)c1ccc(-c2cc(F)cc3c2OC(CNC(=O)C2(c4ccccc4)CC2)C3)s1. The molecule has 0 saturated heterocycles. The van der Waals surface area contributed by atoms with Gasteiger partial charge < -0.3 is 10.1 Å². The van der Waals surface area contributed by atoms with E-state index in [1.54, 1.807) is 6.07 Å². The Labute approximate surface area is 184 Å². The number of Topliss-reactive ketones (excluding diaryl/α,β-unsaturated/α-hetero) is 1. The fraction of sp³-hybridized carbons (Fsp3) is 0.280. The Hall–Kier alpha value is -2.99. The maximum atomic E-state index is 14.3. The molecule has 1 fully saturated rings. The third kappa shape index (κ3) is 3.65. The minimum Gasteiger partial charge on any atom is -0.487 e. The van der Waals surface area contributed by atoms with Crippen LogP contribution in [0.3, 0.4) is 0 Å². The predicted octanol–water partition coefficient (Wildman–Crippen LogP) is 4.91. The van der Waals surface area contributed by atoms with Crippen molar-refractivity contribution >= 4 is 23.0 Å². The fourth-order valence-corrected chi connectivity index (χ4v) is 5.18. The van der Waals surface area contributed by atoms with E-state index in [0.717, 1.165) is 28.8 Å². The van der Waals surface area contributed by atoms with Crippen LogP contribution in [-0.4, -0.2) is 24.3 Å². The van der Waals surface area contributed by atoms with Crippen LogP contribution in [0, 0.1) is 5.82 Å². The number of nitrogens with one attached hydrogen (secondary N) is 1. The largest absolute Gasteiger partial charge is 0.487 e. The van der Waals surface area contributed by atoms with Gasteiger partial charge in [0.2, 0.25) is 5.91 Å². The Balaban J connectivity index is 1.31. The number of ketones is 1. The summed E-state index contributed by atoms with van der Waals surface area (Å²) in [6.45, 7) is 1.88. The van der Waals surface area contributed by atoms with Crippen molar-refractivity contribution in [2.24, 2.45) is 0 Å². The van der Waals surface area contributed by atoms with Crippen LogP contribution in [0.5, 0.6) is 5.75 Å². The fourth-order valence-electron chi connectivity index (χ4n) is 4.27. The molecule has 0 spiro atoms. The summed E-state index contributed by atoms with van der Waals surface area (Å²) >= 11 is 1.33. The smallest absolute Gasteiger partial charge is 0.230 e. The topological polar surface area (TPSA) is 55.4 Å². The average molecular weight is 436 g/mol. The first-order chi connectivity index (χ1) is 15.0. The van der Waals surface area contributed by atoms with Crippen LogP contribution in [0.4, 0.5) is 4.39 Å². The van der Waals surface area contributed by atoms with Gasteiger partial charge in [-0.1, -0.05) is 30.3 Å².